The van der Waals surface area contributed by atoms with E-state index in [0.29, 0.717) is 5.54 Å². The molecule has 1 spiro atoms. The zero-order chi connectivity index (χ0) is 9.15. The lowest BCUT2D eigenvalue weighted by atomic mass is 9.94. The van der Waals surface area contributed by atoms with Gasteiger partial charge in [-0.1, -0.05) is 12.8 Å². The summed E-state index contributed by atoms with van der Waals surface area (Å²) in [5, 5.41) is 0. The van der Waals surface area contributed by atoms with E-state index in [1.165, 1.54) is 45.1 Å². The van der Waals surface area contributed by atoms with Crippen molar-refractivity contribution in [3.05, 3.63) is 0 Å². The Labute approximate surface area is 81.5 Å². The second kappa shape index (κ2) is 3.72. The van der Waals surface area contributed by atoms with Gasteiger partial charge in [0.2, 0.25) is 0 Å². The Balaban J connectivity index is 1.97. The fourth-order valence-electron chi connectivity index (χ4n) is 3.14. The minimum absolute atomic E-state index is 0.594. The highest BCUT2D eigenvalue weighted by Crippen LogP contribution is 2.42. The summed E-state index contributed by atoms with van der Waals surface area (Å²) < 4.78 is 0. The molecule has 72 valence electrons. The molecule has 2 rings (SSSR count). The summed E-state index contributed by atoms with van der Waals surface area (Å²) in [6, 6.07) is 0. The maximum atomic E-state index is 5.32. The molecule has 0 amide bonds. The van der Waals surface area contributed by atoms with Crippen molar-refractivity contribution < 1.29 is 0 Å². The maximum absolute atomic E-state index is 5.32. The van der Waals surface area contributed by atoms with Crippen LogP contribution < -0.4 is 0 Å². The summed E-state index contributed by atoms with van der Waals surface area (Å²) in [4.78, 5) is 2.67. The van der Waals surface area contributed by atoms with Gasteiger partial charge in [-0.3, -0.25) is 4.90 Å². The minimum Gasteiger partial charge on any atom is -0.297 e. The Bertz CT molecular complexity index is 202. The highest BCUT2D eigenvalue weighted by molar-refractivity contribution is 5.00. The van der Waals surface area contributed by atoms with Gasteiger partial charge < -0.3 is 0 Å². The van der Waals surface area contributed by atoms with E-state index >= 15 is 0 Å². The average molecular weight is 177 g/mol. The van der Waals surface area contributed by atoms with Crippen LogP contribution >= 0.6 is 0 Å². The molecule has 2 aliphatic rings. The van der Waals surface area contributed by atoms with Gasteiger partial charge in [-0.05, 0) is 32.2 Å². The Kier molecular flexibility index (Phi) is 2.60. The number of terminal acetylenes is 1. The molecule has 1 heterocycles. The zero-order valence-corrected chi connectivity index (χ0v) is 8.39. The van der Waals surface area contributed by atoms with Crippen molar-refractivity contribution in [3.8, 4) is 12.3 Å². The van der Waals surface area contributed by atoms with Gasteiger partial charge in [0, 0.05) is 18.5 Å². The molecule has 2 fully saturated rings. The van der Waals surface area contributed by atoms with Crippen molar-refractivity contribution in [2.75, 3.05) is 13.1 Å². The van der Waals surface area contributed by atoms with Crippen LogP contribution in [0.4, 0.5) is 0 Å². The van der Waals surface area contributed by atoms with Crippen LogP contribution in [0.3, 0.4) is 0 Å². The molecule has 0 unspecified atom stereocenters. The van der Waals surface area contributed by atoms with E-state index in [9.17, 15) is 0 Å². The van der Waals surface area contributed by atoms with Crippen LogP contribution in [0.2, 0.25) is 0 Å². The molecule has 1 saturated heterocycles. The summed E-state index contributed by atoms with van der Waals surface area (Å²) in [6.45, 7) is 2.43. The Morgan fingerprint density at radius 3 is 2.54 bits per heavy atom. The summed E-state index contributed by atoms with van der Waals surface area (Å²) in [7, 11) is 0. The molecule has 1 nitrogen and oxygen atoms in total. The standard InChI is InChI=1S/C12H19N/c1-2-3-10-13-11-6-9-12(13)7-4-5-8-12/h1H,3-11H2. The zero-order valence-electron chi connectivity index (χ0n) is 8.39. The van der Waals surface area contributed by atoms with Gasteiger partial charge in [0.1, 0.15) is 0 Å². The van der Waals surface area contributed by atoms with E-state index in [-0.39, 0.29) is 0 Å². The highest BCUT2D eigenvalue weighted by Gasteiger charge is 2.41. The first-order valence-corrected chi connectivity index (χ1v) is 5.56. The summed E-state index contributed by atoms with van der Waals surface area (Å²) in [5.41, 5.74) is 0.594. The van der Waals surface area contributed by atoms with E-state index in [0.717, 1.165) is 13.0 Å². The fraction of sp³-hybridized carbons (Fsp3) is 0.833. The number of hydrogen-bond acceptors (Lipinski definition) is 1. The van der Waals surface area contributed by atoms with Gasteiger partial charge in [-0.2, -0.15) is 0 Å². The molecule has 0 bridgehead atoms. The number of hydrogen-bond donors (Lipinski definition) is 0. The van der Waals surface area contributed by atoms with Crippen molar-refractivity contribution in [1.29, 1.82) is 0 Å². The average Bonchev–Trinajstić information content (AvgIpc) is 2.75. The van der Waals surface area contributed by atoms with Crippen molar-refractivity contribution in [2.45, 2.75) is 50.5 Å². The third-order valence-corrected chi connectivity index (χ3v) is 3.80. The molecule has 0 aromatic rings. The van der Waals surface area contributed by atoms with Gasteiger partial charge in [-0.25, -0.2) is 0 Å². The summed E-state index contributed by atoms with van der Waals surface area (Å²) in [5.74, 6) is 2.76. The van der Waals surface area contributed by atoms with Crippen LogP contribution in [0, 0.1) is 12.3 Å². The third-order valence-electron chi connectivity index (χ3n) is 3.80. The third kappa shape index (κ3) is 1.60. The molecule has 0 N–H and O–H groups in total. The smallest absolute Gasteiger partial charge is 0.0214 e. The number of rotatable bonds is 2. The lowest BCUT2D eigenvalue weighted by molar-refractivity contribution is 0.147. The van der Waals surface area contributed by atoms with Crippen molar-refractivity contribution in [2.24, 2.45) is 0 Å². The van der Waals surface area contributed by atoms with E-state index in [2.05, 4.69) is 10.8 Å². The lowest BCUT2D eigenvalue weighted by Gasteiger charge is -2.34. The van der Waals surface area contributed by atoms with Crippen LogP contribution in [0.1, 0.15) is 44.9 Å². The lowest BCUT2D eigenvalue weighted by Crippen LogP contribution is -2.41. The van der Waals surface area contributed by atoms with Crippen LogP contribution in [-0.2, 0) is 0 Å². The van der Waals surface area contributed by atoms with E-state index in [1.807, 2.05) is 0 Å². The molecule has 0 aromatic heterocycles. The SMILES string of the molecule is C#CCCN1CCCC12CCCC2. The summed E-state index contributed by atoms with van der Waals surface area (Å²) >= 11 is 0. The monoisotopic (exact) mass is 177 g/mol. The molecular weight excluding hydrogens is 158 g/mol. The van der Waals surface area contributed by atoms with Gasteiger partial charge in [0.05, 0.1) is 0 Å². The topological polar surface area (TPSA) is 3.24 Å². The molecule has 1 saturated carbocycles. The fourth-order valence-corrected chi connectivity index (χ4v) is 3.14. The van der Waals surface area contributed by atoms with Crippen LogP contribution in [0.15, 0.2) is 0 Å². The second-order valence-electron chi connectivity index (χ2n) is 4.48. The van der Waals surface area contributed by atoms with Crippen molar-refractivity contribution >= 4 is 0 Å². The molecule has 0 aromatic carbocycles. The molecule has 13 heavy (non-hydrogen) atoms. The largest absolute Gasteiger partial charge is 0.297 e. The predicted molar refractivity (Wildman–Crippen MR) is 55.5 cm³/mol. The van der Waals surface area contributed by atoms with Gasteiger partial charge in [0.15, 0.2) is 0 Å². The molecular formula is C12H19N. The van der Waals surface area contributed by atoms with Crippen LogP contribution in [0.5, 0.6) is 0 Å². The predicted octanol–water partition coefficient (Wildman–Crippen LogP) is 2.42. The van der Waals surface area contributed by atoms with Crippen molar-refractivity contribution in [3.63, 3.8) is 0 Å². The quantitative estimate of drug-likeness (QED) is 0.585. The Morgan fingerprint density at radius 1 is 1.15 bits per heavy atom. The molecule has 0 atom stereocenters. The highest BCUT2D eigenvalue weighted by atomic mass is 15.2. The van der Waals surface area contributed by atoms with Gasteiger partial charge >= 0.3 is 0 Å². The first-order chi connectivity index (χ1) is 6.37. The van der Waals surface area contributed by atoms with Crippen LogP contribution in [0.25, 0.3) is 0 Å². The molecule has 0 radical (unpaired) electrons. The number of likely N-dealkylation sites (tertiary alicyclic amines) is 1. The molecule has 1 aliphatic heterocycles. The normalized spacial score (nSPS) is 26.7. The van der Waals surface area contributed by atoms with Gasteiger partial charge in [0.25, 0.3) is 0 Å². The van der Waals surface area contributed by atoms with Crippen molar-refractivity contribution in [1.82, 2.24) is 4.90 Å². The minimum atomic E-state index is 0.594. The molecule has 1 heteroatoms. The van der Waals surface area contributed by atoms with Gasteiger partial charge in [-0.15, -0.1) is 12.3 Å². The van der Waals surface area contributed by atoms with E-state index in [4.69, 9.17) is 6.42 Å². The van der Waals surface area contributed by atoms with E-state index < -0.39 is 0 Å². The number of nitrogens with zero attached hydrogens (tertiary/aromatic N) is 1. The first kappa shape index (κ1) is 9.09. The Hall–Kier alpha value is -0.480. The summed E-state index contributed by atoms with van der Waals surface area (Å²) in [6.07, 6.45) is 14.8. The van der Waals surface area contributed by atoms with E-state index in [1.54, 1.807) is 0 Å². The molecule has 1 aliphatic carbocycles. The first-order valence-electron chi connectivity index (χ1n) is 5.56. The van der Waals surface area contributed by atoms with Crippen LogP contribution in [-0.4, -0.2) is 23.5 Å². The second-order valence-corrected chi connectivity index (χ2v) is 4.48. The maximum Gasteiger partial charge on any atom is 0.0214 e. The Morgan fingerprint density at radius 2 is 1.85 bits per heavy atom.